The standard InChI is InChI=1S/C43H67NO6/c1-26(2)35-30(46)25-43(33(47)24-28-16-22-44(23-17-28)37(48)50-38(4,5)6)21-20-41(10)29(36(35)43)12-13-32-40(9)18-15-34(49-27(3)45)39(7,8)31(40)14-19-42(32,41)11/h26,28-29,31-32,34H,12-25H2,1-11H3/t29-,31+,32-,34+,40+,41-,42-,43+/m1/s1. The summed E-state index contributed by atoms with van der Waals surface area (Å²) < 4.78 is 11.6. The molecule has 1 saturated heterocycles. The van der Waals surface area contributed by atoms with E-state index in [4.69, 9.17) is 9.47 Å². The Bertz CT molecular complexity index is 1440. The van der Waals surface area contributed by atoms with E-state index in [1.807, 2.05) is 20.8 Å². The van der Waals surface area contributed by atoms with Crippen molar-refractivity contribution in [2.75, 3.05) is 13.1 Å². The van der Waals surface area contributed by atoms with Gasteiger partial charge in [-0.05, 0) is 142 Å². The van der Waals surface area contributed by atoms with Gasteiger partial charge in [0.1, 0.15) is 17.5 Å². The van der Waals surface area contributed by atoms with E-state index in [1.54, 1.807) is 11.8 Å². The summed E-state index contributed by atoms with van der Waals surface area (Å²) in [4.78, 5) is 55.5. The number of ether oxygens (including phenoxy) is 2. The fourth-order valence-corrected chi connectivity index (χ4v) is 13.5. The summed E-state index contributed by atoms with van der Waals surface area (Å²) >= 11 is 0. The molecular formula is C43H67NO6. The van der Waals surface area contributed by atoms with Crippen molar-refractivity contribution >= 4 is 23.6 Å². The van der Waals surface area contributed by atoms with Crippen LogP contribution < -0.4 is 0 Å². The van der Waals surface area contributed by atoms with Gasteiger partial charge in [0.2, 0.25) is 0 Å². The molecule has 0 bridgehead atoms. The van der Waals surface area contributed by atoms with E-state index in [1.165, 1.54) is 5.57 Å². The Labute approximate surface area is 302 Å². The normalized spacial score (nSPS) is 40.1. The number of hydrogen-bond donors (Lipinski definition) is 0. The number of esters is 1. The predicted octanol–water partition coefficient (Wildman–Crippen LogP) is 9.51. The van der Waals surface area contributed by atoms with Crippen LogP contribution in [-0.4, -0.2) is 53.3 Å². The Kier molecular flexibility index (Phi) is 9.36. The molecule has 0 unspecified atom stereocenters. The van der Waals surface area contributed by atoms with Gasteiger partial charge in [0.15, 0.2) is 5.78 Å². The molecule has 6 aliphatic rings. The van der Waals surface area contributed by atoms with Gasteiger partial charge in [0.25, 0.3) is 0 Å². The highest BCUT2D eigenvalue weighted by Gasteiger charge is 2.71. The van der Waals surface area contributed by atoms with Gasteiger partial charge in [-0.25, -0.2) is 4.79 Å². The SMILES string of the molecule is CC(=O)O[C@H]1CC[C@]2(C)[C@H]3CC[C@@H]4C5=C(C(C)C)C(=O)C[C@]5(C(=O)CC5CCN(C(=O)OC(C)(C)C)CC5)CC[C@@]4(C)[C@]3(C)CC[C@H]2C1(C)C. The third-order valence-electron chi connectivity index (χ3n) is 16.0. The number of Topliss-reactive ketones (excluding diaryl/α,β-unsaturated/α-hetero) is 2. The van der Waals surface area contributed by atoms with Crippen LogP contribution in [0.2, 0.25) is 0 Å². The molecule has 0 radical (unpaired) electrons. The zero-order chi connectivity index (χ0) is 36.8. The number of likely N-dealkylation sites (tertiary alicyclic amines) is 1. The number of hydrogen-bond acceptors (Lipinski definition) is 6. The van der Waals surface area contributed by atoms with Crippen molar-refractivity contribution in [1.82, 2.24) is 4.90 Å². The molecule has 280 valence electrons. The van der Waals surface area contributed by atoms with Crippen LogP contribution in [0.3, 0.4) is 0 Å². The molecule has 0 N–H and O–H groups in total. The van der Waals surface area contributed by atoms with E-state index < -0.39 is 11.0 Å². The average Bonchev–Trinajstić information content (AvgIpc) is 3.31. The summed E-state index contributed by atoms with van der Waals surface area (Å²) in [5.74, 6) is 1.91. The highest BCUT2D eigenvalue weighted by Crippen LogP contribution is 2.77. The first-order valence-corrected chi connectivity index (χ1v) is 20.1. The molecule has 4 saturated carbocycles. The monoisotopic (exact) mass is 693 g/mol. The van der Waals surface area contributed by atoms with Gasteiger partial charge >= 0.3 is 12.1 Å². The number of nitrogens with zero attached hydrogens (tertiary/aromatic N) is 1. The summed E-state index contributed by atoms with van der Waals surface area (Å²) in [6, 6.07) is 0. The van der Waals surface area contributed by atoms with Crippen molar-refractivity contribution in [3.63, 3.8) is 0 Å². The Hall–Kier alpha value is -2.18. The van der Waals surface area contributed by atoms with Gasteiger partial charge in [-0.1, -0.05) is 48.5 Å². The van der Waals surface area contributed by atoms with Crippen molar-refractivity contribution in [1.29, 1.82) is 0 Å². The third kappa shape index (κ3) is 5.72. The minimum absolute atomic E-state index is 0.00337. The number of allylic oxidation sites excluding steroid dienone is 2. The van der Waals surface area contributed by atoms with Crippen LogP contribution in [0, 0.1) is 56.7 Å². The maximum Gasteiger partial charge on any atom is 0.410 e. The molecule has 0 spiro atoms. The maximum absolute atomic E-state index is 14.8. The number of ketones is 2. The van der Waals surface area contributed by atoms with Gasteiger partial charge in [-0.3, -0.25) is 14.4 Å². The molecule has 0 aromatic carbocycles. The van der Waals surface area contributed by atoms with Gasteiger partial charge < -0.3 is 14.4 Å². The lowest BCUT2D eigenvalue weighted by Gasteiger charge is -2.72. The first-order valence-electron chi connectivity index (χ1n) is 20.1. The van der Waals surface area contributed by atoms with Crippen molar-refractivity contribution in [3.05, 3.63) is 11.1 Å². The molecule has 0 aromatic rings. The first-order chi connectivity index (χ1) is 23.1. The van der Waals surface area contributed by atoms with E-state index in [0.717, 1.165) is 69.8 Å². The first kappa shape index (κ1) is 37.6. The van der Waals surface area contributed by atoms with E-state index in [-0.39, 0.29) is 69.1 Å². The number of rotatable bonds is 5. The smallest absolute Gasteiger partial charge is 0.410 e. The maximum atomic E-state index is 14.8. The van der Waals surface area contributed by atoms with Crippen LogP contribution in [0.1, 0.15) is 153 Å². The van der Waals surface area contributed by atoms with Crippen LogP contribution in [0.4, 0.5) is 4.79 Å². The average molecular weight is 694 g/mol. The quantitative estimate of drug-likeness (QED) is 0.267. The molecule has 7 heteroatoms. The number of amides is 1. The second-order valence-electron chi connectivity index (χ2n) is 20.3. The zero-order valence-corrected chi connectivity index (χ0v) is 33.3. The molecule has 5 fully saturated rings. The topological polar surface area (TPSA) is 90.0 Å². The fourth-order valence-electron chi connectivity index (χ4n) is 13.5. The van der Waals surface area contributed by atoms with E-state index in [0.29, 0.717) is 37.8 Å². The second-order valence-corrected chi connectivity index (χ2v) is 20.3. The molecular weight excluding hydrogens is 626 g/mol. The summed E-state index contributed by atoms with van der Waals surface area (Å²) in [5, 5.41) is 0. The zero-order valence-electron chi connectivity index (χ0n) is 33.3. The highest BCUT2D eigenvalue weighted by molar-refractivity contribution is 6.07. The second kappa shape index (κ2) is 12.5. The van der Waals surface area contributed by atoms with Crippen molar-refractivity contribution in [3.8, 4) is 0 Å². The summed E-state index contributed by atoms with van der Waals surface area (Å²) in [5.41, 5.74) is 1.18. The molecule has 50 heavy (non-hydrogen) atoms. The van der Waals surface area contributed by atoms with Crippen LogP contribution in [-0.2, 0) is 23.9 Å². The van der Waals surface area contributed by atoms with Gasteiger partial charge in [0, 0.05) is 38.3 Å². The fraction of sp³-hybridized carbons (Fsp3) is 0.860. The molecule has 1 amide bonds. The van der Waals surface area contributed by atoms with Gasteiger partial charge in [0.05, 0.1) is 5.41 Å². The van der Waals surface area contributed by atoms with Crippen molar-refractivity contribution in [2.24, 2.45) is 56.7 Å². The molecule has 5 aliphatic carbocycles. The van der Waals surface area contributed by atoms with Gasteiger partial charge in [-0.15, -0.1) is 0 Å². The lowest BCUT2D eigenvalue weighted by atomic mass is 9.33. The van der Waals surface area contributed by atoms with Crippen molar-refractivity contribution in [2.45, 2.75) is 165 Å². The Morgan fingerprint density at radius 1 is 0.840 bits per heavy atom. The van der Waals surface area contributed by atoms with Crippen molar-refractivity contribution < 1.29 is 28.7 Å². The number of carbonyl (C=O) groups excluding carboxylic acids is 4. The van der Waals surface area contributed by atoms with E-state index in [2.05, 4.69) is 48.5 Å². The predicted molar refractivity (Wildman–Crippen MR) is 195 cm³/mol. The summed E-state index contributed by atoms with van der Waals surface area (Å²) in [7, 11) is 0. The lowest BCUT2D eigenvalue weighted by molar-refractivity contribution is -0.232. The number of fused-ring (bicyclic) bond motifs is 7. The molecule has 1 heterocycles. The van der Waals surface area contributed by atoms with Crippen LogP contribution >= 0.6 is 0 Å². The van der Waals surface area contributed by atoms with Crippen LogP contribution in [0.25, 0.3) is 0 Å². The minimum atomic E-state index is -0.669. The van der Waals surface area contributed by atoms with Crippen LogP contribution in [0.5, 0.6) is 0 Å². The Balaban J connectivity index is 1.27. The third-order valence-corrected chi connectivity index (χ3v) is 16.0. The molecule has 7 nitrogen and oxygen atoms in total. The lowest BCUT2D eigenvalue weighted by Crippen LogP contribution is -2.66. The number of carbonyl (C=O) groups is 4. The summed E-state index contributed by atoms with van der Waals surface area (Å²) in [6.07, 6.45) is 10.3. The Morgan fingerprint density at radius 2 is 1.50 bits per heavy atom. The molecule has 1 aliphatic heterocycles. The molecule has 0 aromatic heterocycles. The van der Waals surface area contributed by atoms with E-state index >= 15 is 0 Å². The molecule has 8 atom stereocenters. The summed E-state index contributed by atoms with van der Waals surface area (Å²) in [6.45, 7) is 25.1. The van der Waals surface area contributed by atoms with Gasteiger partial charge in [-0.2, -0.15) is 0 Å². The molecule has 6 rings (SSSR count). The van der Waals surface area contributed by atoms with Crippen LogP contribution in [0.15, 0.2) is 11.1 Å². The Morgan fingerprint density at radius 3 is 2.10 bits per heavy atom. The highest BCUT2D eigenvalue weighted by atomic mass is 16.6. The number of piperidine rings is 1. The largest absolute Gasteiger partial charge is 0.462 e. The minimum Gasteiger partial charge on any atom is -0.462 e. The van der Waals surface area contributed by atoms with E-state index in [9.17, 15) is 19.2 Å².